The average Bonchev–Trinajstić information content (AvgIpc) is 1.95. The summed E-state index contributed by atoms with van der Waals surface area (Å²) < 4.78 is 4.65. The predicted molar refractivity (Wildman–Crippen MR) is 40.8 cm³/mol. The first kappa shape index (κ1) is 10.9. The van der Waals surface area contributed by atoms with Crippen LogP contribution in [0.1, 0.15) is 32.6 Å². The van der Waals surface area contributed by atoms with E-state index >= 15 is 0 Å². The zero-order valence-corrected chi connectivity index (χ0v) is 7.17. The van der Waals surface area contributed by atoms with Gasteiger partial charge in [-0.1, -0.05) is 0 Å². The lowest BCUT2D eigenvalue weighted by atomic mass is 10.2. The number of esters is 1. The quantitative estimate of drug-likeness (QED) is 0.445. The number of hydrogen-bond acceptors (Lipinski definition) is 3. The van der Waals surface area contributed by atoms with Crippen molar-refractivity contribution in [1.29, 1.82) is 0 Å². The third kappa shape index (κ3) is 8.94. The number of carbonyl (C=O) groups excluding carboxylic acids is 2. The van der Waals surface area contributed by atoms with E-state index in [9.17, 15) is 14.7 Å². The van der Waals surface area contributed by atoms with E-state index in [-0.39, 0.29) is 12.4 Å². The van der Waals surface area contributed by atoms with Gasteiger partial charge in [-0.2, -0.15) is 0 Å². The van der Waals surface area contributed by atoms with Crippen LogP contribution in [0.15, 0.2) is 0 Å². The van der Waals surface area contributed by atoms with E-state index in [2.05, 4.69) is 4.74 Å². The summed E-state index contributed by atoms with van der Waals surface area (Å²) in [6.45, 7) is 1.73. The summed E-state index contributed by atoms with van der Waals surface area (Å²) in [4.78, 5) is 20.2. The predicted octanol–water partition coefficient (Wildman–Crippen LogP) is 1.07. The third-order valence-corrected chi connectivity index (χ3v) is 1.33. The normalized spacial score (nSPS) is 9.42. The number of carbonyl (C=O) groups is 2. The molecule has 0 N–H and O–H groups in total. The summed E-state index contributed by atoms with van der Waals surface area (Å²) in [6, 6.07) is 0. The van der Waals surface area contributed by atoms with Crippen molar-refractivity contribution >= 4 is 11.9 Å². The number of rotatable bonds is 6. The molecule has 4 heteroatoms. The van der Waals surface area contributed by atoms with Gasteiger partial charge < -0.3 is 4.74 Å². The van der Waals surface area contributed by atoms with Crippen molar-refractivity contribution in [1.82, 2.24) is 0 Å². The van der Waals surface area contributed by atoms with Gasteiger partial charge in [-0.15, -0.1) is 0 Å². The molecular formula is C8H13O4. The lowest BCUT2D eigenvalue weighted by molar-refractivity contribution is -0.144. The first-order valence-electron chi connectivity index (χ1n) is 3.96. The van der Waals surface area contributed by atoms with E-state index in [1.165, 1.54) is 6.92 Å². The molecule has 0 aliphatic rings. The molecule has 1 radical (unpaired) electrons. The van der Waals surface area contributed by atoms with Crippen molar-refractivity contribution in [2.75, 3.05) is 6.61 Å². The van der Waals surface area contributed by atoms with Gasteiger partial charge in [0.15, 0.2) is 0 Å². The van der Waals surface area contributed by atoms with Gasteiger partial charge >= 0.3 is 11.9 Å². The lowest BCUT2D eigenvalue weighted by Gasteiger charge is -1.99. The van der Waals surface area contributed by atoms with Gasteiger partial charge in [0.25, 0.3) is 0 Å². The van der Waals surface area contributed by atoms with E-state index in [0.29, 0.717) is 19.4 Å². The third-order valence-electron chi connectivity index (χ3n) is 1.33. The maximum Gasteiger partial charge on any atom is 0.355 e. The van der Waals surface area contributed by atoms with Crippen molar-refractivity contribution in [3.8, 4) is 0 Å². The standard InChI is InChI=1S/C8H13O4/c1-7(9)12-6-4-2-3-5-8(10)11/h2-6H2,1H3. The summed E-state index contributed by atoms with van der Waals surface area (Å²) in [5.41, 5.74) is 0. The molecule has 12 heavy (non-hydrogen) atoms. The first-order valence-corrected chi connectivity index (χ1v) is 3.96. The molecule has 0 saturated heterocycles. The van der Waals surface area contributed by atoms with Crippen molar-refractivity contribution < 1.29 is 19.4 Å². The lowest BCUT2D eigenvalue weighted by Crippen LogP contribution is -2.00. The fourth-order valence-corrected chi connectivity index (χ4v) is 0.764. The first-order chi connectivity index (χ1) is 5.63. The molecule has 0 aromatic heterocycles. The second-order valence-electron chi connectivity index (χ2n) is 2.52. The molecule has 0 aromatic rings. The van der Waals surface area contributed by atoms with Gasteiger partial charge in [0.05, 0.1) is 13.0 Å². The van der Waals surface area contributed by atoms with Gasteiger partial charge in [-0.3, -0.25) is 4.79 Å². The molecule has 0 rings (SSSR count). The van der Waals surface area contributed by atoms with Crippen molar-refractivity contribution in [2.24, 2.45) is 0 Å². The van der Waals surface area contributed by atoms with Crippen LogP contribution in [0, 0.1) is 0 Å². The Hall–Kier alpha value is -1.06. The Morgan fingerprint density at radius 1 is 1.17 bits per heavy atom. The van der Waals surface area contributed by atoms with E-state index in [4.69, 9.17) is 0 Å². The summed E-state index contributed by atoms with van der Waals surface area (Å²) in [5, 5.41) is 9.94. The van der Waals surface area contributed by atoms with Crippen molar-refractivity contribution in [3.63, 3.8) is 0 Å². The Kier molecular flexibility index (Phi) is 6.05. The van der Waals surface area contributed by atoms with Crippen LogP contribution < -0.4 is 0 Å². The Morgan fingerprint density at radius 2 is 1.83 bits per heavy atom. The molecule has 0 aromatic carbocycles. The molecule has 0 aliphatic heterocycles. The molecule has 0 bridgehead atoms. The largest absolute Gasteiger partial charge is 0.466 e. The van der Waals surface area contributed by atoms with E-state index in [1.54, 1.807) is 0 Å². The van der Waals surface area contributed by atoms with Crippen LogP contribution in [0.5, 0.6) is 0 Å². The van der Waals surface area contributed by atoms with E-state index < -0.39 is 5.97 Å². The molecule has 0 amide bonds. The molecule has 0 atom stereocenters. The minimum absolute atomic E-state index is 0.0834. The van der Waals surface area contributed by atoms with E-state index in [0.717, 1.165) is 6.42 Å². The number of ether oxygens (including phenoxy) is 1. The zero-order chi connectivity index (χ0) is 9.40. The van der Waals surface area contributed by atoms with Crippen LogP contribution in [0.3, 0.4) is 0 Å². The molecule has 0 heterocycles. The zero-order valence-electron chi connectivity index (χ0n) is 7.17. The number of hydrogen-bond donors (Lipinski definition) is 0. The summed E-state index contributed by atoms with van der Waals surface area (Å²) in [5.74, 6) is -1.32. The Balaban J connectivity index is 3.01. The highest BCUT2D eigenvalue weighted by atomic mass is 16.5. The maximum atomic E-state index is 10.3. The van der Waals surface area contributed by atoms with Crippen LogP contribution in [0.2, 0.25) is 0 Å². The summed E-state index contributed by atoms with van der Waals surface area (Å²) in [7, 11) is 0. The maximum absolute atomic E-state index is 10.3. The van der Waals surface area contributed by atoms with Crippen LogP contribution >= 0.6 is 0 Å². The van der Waals surface area contributed by atoms with Gasteiger partial charge in [0, 0.05) is 6.92 Å². The molecule has 69 valence electrons. The Labute approximate surface area is 71.5 Å². The Morgan fingerprint density at radius 3 is 2.33 bits per heavy atom. The van der Waals surface area contributed by atoms with E-state index in [1.807, 2.05) is 0 Å². The fraction of sp³-hybridized carbons (Fsp3) is 0.750. The minimum Gasteiger partial charge on any atom is -0.466 e. The summed E-state index contributed by atoms with van der Waals surface area (Å²) >= 11 is 0. The van der Waals surface area contributed by atoms with Crippen LogP contribution in [0.4, 0.5) is 0 Å². The van der Waals surface area contributed by atoms with Crippen LogP contribution in [0.25, 0.3) is 0 Å². The highest BCUT2D eigenvalue weighted by Gasteiger charge is 1.98. The second-order valence-corrected chi connectivity index (χ2v) is 2.52. The van der Waals surface area contributed by atoms with Crippen LogP contribution in [-0.2, 0) is 19.4 Å². The average molecular weight is 173 g/mol. The highest BCUT2D eigenvalue weighted by molar-refractivity contribution is 5.66. The smallest absolute Gasteiger partial charge is 0.355 e. The second kappa shape index (κ2) is 6.64. The molecule has 0 saturated carbocycles. The van der Waals surface area contributed by atoms with Crippen LogP contribution in [-0.4, -0.2) is 18.5 Å². The molecule has 4 nitrogen and oxygen atoms in total. The number of unbranched alkanes of at least 4 members (excludes halogenated alkanes) is 2. The molecular weight excluding hydrogens is 160 g/mol. The monoisotopic (exact) mass is 173 g/mol. The fourth-order valence-electron chi connectivity index (χ4n) is 0.764. The highest BCUT2D eigenvalue weighted by Crippen LogP contribution is 1.99. The topological polar surface area (TPSA) is 63.3 Å². The Bertz CT molecular complexity index is 135. The van der Waals surface area contributed by atoms with Gasteiger partial charge in [0.2, 0.25) is 0 Å². The van der Waals surface area contributed by atoms with Gasteiger partial charge in [0.1, 0.15) is 0 Å². The SMILES string of the molecule is CC(=O)OCCCCCC([O])=O. The van der Waals surface area contributed by atoms with Crippen molar-refractivity contribution in [2.45, 2.75) is 32.6 Å². The molecule has 0 fully saturated rings. The molecule has 0 aliphatic carbocycles. The summed E-state index contributed by atoms with van der Waals surface area (Å²) in [6.07, 6.45) is 2.14. The van der Waals surface area contributed by atoms with Gasteiger partial charge in [-0.25, -0.2) is 9.90 Å². The minimum atomic E-state index is -1.03. The molecule has 0 spiro atoms. The van der Waals surface area contributed by atoms with Gasteiger partial charge in [-0.05, 0) is 19.3 Å². The van der Waals surface area contributed by atoms with Crippen molar-refractivity contribution in [3.05, 3.63) is 0 Å². The molecule has 0 unspecified atom stereocenters.